The van der Waals surface area contributed by atoms with Crippen LogP contribution >= 0.6 is 0 Å². The van der Waals surface area contributed by atoms with Gasteiger partial charge in [-0.2, -0.15) is 0 Å². The van der Waals surface area contributed by atoms with Gasteiger partial charge in [0.15, 0.2) is 0 Å². The molecule has 0 heterocycles. The van der Waals surface area contributed by atoms with E-state index in [2.05, 4.69) is 6.92 Å². The van der Waals surface area contributed by atoms with Crippen molar-refractivity contribution in [2.75, 3.05) is 0 Å². The lowest BCUT2D eigenvalue weighted by atomic mass is 9.67. The fourth-order valence-corrected chi connectivity index (χ4v) is 4.19. The van der Waals surface area contributed by atoms with E-state index in [0.717, 1.165) is 30.1 Å². The maximum atomic E-state index is 11.6. The minimum atomic E-state index is 0.376. The van der Waals surface area contributed by atoms with E-state index in [1.54, 1.807) is 0 Å². The smallest absolute Gasteiger partial charge is 0.136 e. The summed E-state index contributed by atoms with van der Waals surface area (Å²) in [7, 11) is 0. The summed E-state index contributed by atoms with van der Waals surface area (Å²) in [4.78, 5) is 11.6. The Morgan fingerprint density at radius 1 is 1.08 bits per heavy atom. The highest BCUT2D eigenvalue weighted by Gasteiger charge is 2.50. The number of Topliss-reactive ketones (excluding diaryl/α,β-unsaturated/α-hetero) is 1. The molecule has 3 aliphatic rings. The highest BCUT2D eigenvalue weighted by atomic mass is 16.1. The fourth-order valence-electron chi connectivity index (χ4n) is 4.19. The van der Waals surface area contributed by atoms with E-state index in [1.165, 1.54) is 25.7 Å². The summed E-state index contributed by atoms with van der Waals surface area (Å²) in [5.41, 5.74) is 0. The van der Waals surface area contributed by atoms with E-state index in [9.17, 15) is 4.79 Å². The van der Waals surface area contributed by atoms with Crippen LogP contribution < -0.4 is 0 Å². The van der Waals surface area contributed by atoms with Gasteiger partial charge < -0.3 is 0 Å². The minimum absolute atomic E-state index is 0.376. The third kappa shape index (κ3) is 1.02. The molecule has 3 fully saturated rings. The molecule has 0 saturated heterocycles. The van der Waals surface area contributed by atoms with Crippen molar-refractivity contribution in [2.24, 2.45) is 29.6 Å². The summed E-state index contributed by atoms with van der Waals surface area (Å²) >= 11 is 0. The topological polar surface area (TPSA) is 17.1 Å². The summed E-state index contributed by atoms with van der Waals surface area (Å²) in [6, 6.07) is 0. The van der Waals surface area contributed by atoms with Crippen molar-refractivity contribution in [1.29, 1.82) is 0 Å². The van der Waals surface area contributed by atoms with Crippen LogP contribution in [0.25, 0.3) is 0 Å². The fraction of sp³-hybridized carbons (Fsp3) is 0.917. The Hall–Kier alpha value is -0.330. The van der Waals surface area contributed by atoms with Gasteiger partial charge in [0.2, 0.25) is 0 Å². The molecule has 0 aromatic rings. The predicted molar refractivity (Wildman–Crippen MR) is 51.2 cm³/mol. The molecule has 0 N–H and O–H groups in total. The predicted octanol–water partition coefficient (Wildman–Crippen LogP) is 2.65. The van der Waals surface area contributed by atoms with Gasteiger partial charge in [0.05, 0.1) is 0 Å². The molecule has 3 rings (SSSR count). The number of carbonyl (C=O) groups excluding carboxylic acids is 1. The molecule has 2 bridgehead atoms. The Balaban J connectivity index is 1.84. The van der Waals surface area contributed by atoms with E-state index in [0.29, 0.717) is 11.7 Å². The molecule has 72 valence electrons. The molecule has 0 aromatic heterocycles. The molecule has 0 amide bonds. The molecular weight excluding hydrogens is 160 g/mol. The summed E-state index contributed by atoms with van der Waals surface area (Å²) in [6.45, 7) is 2.13. The Morgan fingerprint density at radius 3 is 2.54 bits per heavy atom. The van der Waals surface area contributed by atoms with Crippen molar-refractivity contribution in [2.45, 2.75) is 39.0 Å². The van der Waals surface area contributed by atoms with Crippen molar-refractivity contribution in [3.8, 4) is 0 Å². The van der Waals surface area contributed by atoms with Gasteiger partial charge in [0, 0.05) is 12.3 Å². The monoisotopic (exact) mass is 178 g/mol. The SMILES string of the molecule is C[C@@H]1C[C@H]2[C@@H]3CC[C@@H](C3)[C@H]2CC1=O. The second kappa shape index (κ2) is 2.59. The molecular formula is C12H18O. The zero-order chi connectivity index (χ0) is 9.00. The van der Waals surface area contributed by atoms with Crippen molar-refractivity contribution in [3.05, 3.63) is 0 Å². The molecule has 0 spiro atoms. The Morgan fingerprint density at radius 2 is 1.77 bits per heavy atom. The van der Waals surface area contributed by atoms with E-state index in [-0.39, 0.29) is 0 Å². The maximum Gasteiger partial charge on any atom is 0.136 e. The first-order valence-electron chi connectivity index (χ1n) is 5.78. The van der Waals surface area contributed by atoms with Gasteiger partial charge in [-0.05, 0) is 49.4 Å². The molecule has 1 heteroatoms. The summed E-state index contributed by atoms with van der Waals surface area (Å²) < 4.78 is 0. The van der Waals surface area contributed by atoms with Crippen molar-refractivity contribution in [3.63, 3.8) is 0 Å². The minimum Gasteiger partial charge on any atom is -0.299 e. The lowest BCUT2D eigenvalue weighted by Crippen LogP contribution is -2.34. The average molecular weight is 178 g/mol. The number of hydrogen-bond donors (Lipinski definition) is 0. The first-order chi connectivity index (χ1) is 6.25. The third-order valence-corrected chi connectivity index (χ3v) is 4.89. The van der Waals surface area contributed by atoms with Crippen molar-refractivity contribution in [1.82, 2.24) is 0 Å². The molecule has 1 nitrogen and oxygen atoms in total. The highest BCUT2D eigenvalue weighted by Crippen LogP contribution is 2.57. The van der Waals surface area contributed by atoms with Gasteiger partial charge in [-0.15, -0.1) is 0 Å². The lowest BCUT2D eigenvalue weighted by molar-refractivity contribution is -0.127. The zero-order valence-electron chi connectivity index (χ0n) is 8.33. The van der Waals surface area contributed by atoms with E-state index >= 15 is 0 Å². The Labute approximate surface area is 79.9 Å². The lowest BCUT2D eigenvalue weighted by Gasteiger charge is -2.36. The normalized spacial score (nSPS) is 53.9. The molecule has 0 aromatic carbocycles. The second-order valence-corrected chi connectivity index (χ2v) is 5.47. The average Bonchev–Trinajstić information content (AvgIpc) is 2.67. The second-order valence-electron chi connectivity index (χ2n) is 5.47. The van der Waals surface area contributed by atoms with Crippen LogP contribution in [0.15, 0.2) is 0 Å². The quantitative estimate of drug-likeness (QED) is 0.557. The first kappa shape index (κ1) is 8.02. The molecule has 0 unspecified atom stereocenters. The van der Waals surface area contributed by atoms with Gasteiger partial charge in [-0.3, -0.25) is 4.79 Å². The van der Waals surface area contributed by atoms with Crippen LogP contribution in [0.5, 0.6) is 0 Å². The van der Waals surface area contributed by atoms with Crippen LogP contribution in [0, 0.1) is 29.6 Å². The zero-order valence-corrected chi connectivity index (χ0v) is 8.33. The largest absolute Gasteiger partial charge is 0.299 e. The van der Waals surface area contributed by atoms with Crippen LogP contribution in [-0.2, 0) is 4.79 Å². The first-order valence-corrected chi connectivity index (χ1v) is 5.78. The van der Waals surface area contributed by atoms with Gasteiger partial charge in [-0.1, -0.05) is 6.92 Å². The molecule has 3 aliphatic carbocycles. The van der Waals surface area contributed by atoms with Crippen LogP contribution in [0.3, 0.4) is 0 Å². The number of hydrogen-bond acceptors (Lipinski definition) is 1. The Bertz CT molecular complexity index is 246. The van der Waals surface area contributed by atoms with Crippen LogP contribution in [0.2, 0.25) is 0 Å². The highest BCUT2D eigenvalue weighted by molar-refractivity contribution is 5.81. The van der Waals surface area contributed by atoms with Gasteiger partial charge in [0.1, 0.15) is 5.78 Å². The third-order valence-electron chi connectivity index (χ3n) is 4.89. The van der Waals surface area contributed by atoms with E-state index in [1.807, 2.05) is 0 Å². The molecule has 3 saturated carbocycles. The summed E-state index contributed by atoms with van der Waals surface area (Å²) in [5, 5.41) is 0. The maximum absolute atomic E-state index is 11.6. The summed E-state index contributed by atoms with van der Waals surface area (Å²) in [5.74, 6) is 4.61. The molecule has 0 aliphatic heterocycles. The number of ketones is 1. The van der Waals surface area contributed by atoms with Crippen molar-refractivity contribution < 1.29 is 4.79 Å². The van der Waals surface area contributed by atoms with Crippen LogP contribution in [-0.4, -0.2) is 5.78 Å². The van der Waals surface area contributed by atoms with Gasteiger partial charge >= 0.3 is 0 Å². The molecule has 13 heavy (non-hydrogen) atoms. The van der Waals surface area contributed by atoms with Crippen molar-refractivity contribution >= 4 is 5.78 Å². The van der Waals surface area contributed by atoms with E-state index < -0.39 is 0 Å². The van der Waals surface area contributed by atoms with E-state index in [4.69, 9.17) is 0 Å². The standard InChI is InChI=1S/C12H18O/c1-7-4-10-8-2-3-9(5-8)11(10)6-12(7)13/h7-11H,2-6H2,1H3/t7-,8-,9+,10+,11-/m1/s1. The number of rotatable bonds is 0. The molecule has 5 atom stereocenters. The molecule has 0 radical (unpaired) electrons. The Kier molecular flexibility index (Phi) is 1.59. The van der Waals surface area contributed by atoms with Gasteiger partial charge in [0.25, 0.3) is 0 Å². The number of fused-ring (bicyclic) bond motifs is 5. The van der Waals surface area contributed by atoms with Crippen LogP contribution in [0.4, 0.5) is 0 Å². The van der Waals surface area contributed by atoms with Crippen LogP contribution in [0.1, 0.15) is 39.0 Å². The summed E-state index contributed by atoms with van der Waals surface area (Å²) in [6.07, 6.45) is 6.48. The van der Waals surface area contributed by atoms with Gasteiger partial charge in [-0.25, -0.2) is 0 Å². The number of carbonyl (C=O) groups is 1.